The molecule has 4 heteroatoms. The van der Waals surface area contributed by atoms with Crippen molar-refractivity contribution in [2.24, 2.45) is 5.92 Å². The number of hydrogen-bond acceptors (Lipinski definition) is 4. The summed E-state index contributed by atoms with van der Waals surface area (Å²) in [6.07, 6.45) is 2.10. The molecule has 0 unspecified atom stereocenters. The van der Waals surface area contributed by atoms with Crippen molar-refractivity contribution in [3.63, 3.8) is 0 Å². The minimum Gasteiger partial charge on any atom is -0.456 e. The smallest absolute Gasteiger partial charge is 0.338 e. The number of ether oxygens (including phenoxy) is 1. The molecule has 104 valence electrons. The molecule has 1 heterocycles. The summed E-state index contributed by atoms with van der Waals surface area (Å²) in [6.45, 7) is 6.02. The fraction of sp³-hybridized carbons (Fsp3) is 0.533. The van der Waals surface area contributed by atoms with Crippen molar-refractivity contribution in [1.82, 2.24) is 5.32 Å². The number of esters is 1. The molecule has 0 spiro atoms. The Morgan fingerprint density at radius 1 is 1.26 bits per heavy atom. The van der Waals surface area contributed by atoms with Crippen LogP contribution in [0.5, 0.6) is 0 Å². The summed E-state index contributed by atoms with van der Waals surface area (Å²) in [5.74, 6) is 0.165. The molecule has 0 saturated carbocycles. The van der Waals surface area contributed by atoms with E-state index < -0.39 is 5.60 Å². The number of benzene rings is 1. The molecule has 19 heavy (non-hydrogen) atoms. The molecular formula is C15H21NO2S. The maximum absolute atomic E-state index is 12.2. The largest absolute Gasteiger partial charge is 0.456 e. The fourth-order valence-electron chi connectivity index (χ4n) is 2.50. The van der Waals surface area contributed by atoms with Gasteiger partial charge in [-0.15, -0.1) is 12.6 Å². The number of carbonyl (C=O) groups is 1. The molecule has 1 aromatic carbocycles. The highest BCUT2D eigenvalue weighted by molar-refractivity contribution is 7.80. The van der Waals surface area contributed by atoms with E-state index in [0.29, 0.717) is 11.5 Å². The van der Waals surface area contributed by atoms with Gasteiger partial charge in [0.25, 0.3) is 0 Å². The van der Waals surface area contributed by atoms with Gasteiger partial charge in [0.15, 0.2) is 0 Å². The van der Waals surface area contributed by atoms with E-state index in [9.17, 15) is 4.79 Å². The third-order valence-corrected chi connectivity index (χ3v) is 4.08. The lowest BCUT2D eigenvalue weighted by atomic mass is 9.83. The van der Waals surface area contributed by atoms with Gasteiger partial charge in [-0.1, -0.05) is 0 Å². The molecule has 1 aliphatic heterocycles. The van der Waals surface area contributed by atoms with Crippen LogP contribution in [0.3, 0.4) is 0 Å². The Hall–Kier alpha value is -1.00. The molecule has 1 fully saturated rings. The van der Waals surface area contributed by atoms with E-state index in [1.165, 1.54) is 0 Å². The molecule has 0 atom stereocenters. The van der Waals surface area contributed by atoms with Gasteiger partial charge in [-0.25, -0.2) is 4.79 Å². The van der Waals surface area contributed by atoms with E-state index >= 15 is 0 Å². The van der Waals surface area contributed by atoms with E-state index in [4.69, 9.17) is 4.74 Å². The Labute approximate surface area is 120 Å². The van der Waals surface area contributed by atoms with Crippen molar-refractivity contribution >= 4 is 18.6 Å². The van der Waals surface area contributed by atoms with Gasteiger partial charge in [0.1, 0.15) is 5.60 Å². The van der Waals surface area contributed by atoms with E-state index in [1.807, 2.05) is 13.8 Å². The molecule has 1 saturated heterocycles. The standard InChI is InChI=1S/C15H21NO2S/c1-15(2,12-7-9-16-10-8-12)18-14(17)11-3-5-13(19)6-4-11/h3-6,12,16,19H,7-10H2,1-2H3. The van der Waals surface area contributed by atoms with Crippen LogP contribution in [0.2, 0.25) is 0 Å². The van der Waals surface area contributed by atoms with Gasteiger partial charge in [-0.05, 0) is 64.0 Å². The van der Waals surface area contributed by atoms with Crippen molar-refractivity contribution in [2.75, 3.05) is 13.1 Å². The Kier molecular flexibility index (Phi) is 4.53. The predicted molar refractivity (Wildman–Crippen MR) is 78.8 cm³/mol. The summed E-state index contributed by atoms with van der Waals surface area (Å²) in [4.78, 5) is 13.0. The molecule has 0 amide bonds. The highest BCUT2D eigenvalue weighted by atomic mass is 32.1. The van der Waals surface area contributed by atoms with Crippen LogP contribution < -0.4 is 5.32 Å². The van der Waals surface area contributed by atoms with E-state index in [-0.39, 0.29) is 5.97 Å². The van der Waals surface area contributed by atoms with Gasteiger partial charge < -0.3 is 10.1 Å². The normalized spacial score (nSPS) is 17.2. The van der Waals surface area contributed by atoms with Crippen LogP contribution in [-0.4, -0.2) is 24.7 Å². The number of rotatable bonds is 3. The van der Waals surface area contributed by atoms with Crippen molar-refractivity contribution in [3.8, 4) is 0 Å². The second-order valence-corrected chi connectivity index (χ2v) is 6.08. The summed E-state index contributed by atoms with van der Waals surface area (Å²) in [7, 11) is 0. The minimum atomic E-state index is -0.418. The SMILES string of the molecule is CC(C)(OC(=O)c1ccc(S)cc1)C1CCNCC1. The molecule has 1 aliphatic rings. The van der Waals surface area contributed by atoms with Crippen LogP contribution in [0.15, 0.2) is 29.2 Å². The maximum Gasteiger partial charge on any atom is 0.338 e. The maximum atomic E-state index is 12.2. The van der Waals surface area contributed by atoms with E-state index in [2.05, 4.69) is 17.9 Å². The zero-order valence-corrected chi connectivity index (χ0v) is 12.4. The zero-order valence-electron chi connectivity index (χ0n) is 11.5. The fourth-order valence-corrected chi connectivity index (χ4v) is 2.64. The summed E-state index contributed by atoms with van der Waals surface area (Å²) < 4.78 is 5.71. The second-order valence-electron chi connectivity index (χ2n) is 5.56. The Balaban J connectivity index is 2.02. The molecule has 2 rings (SSSR count). The van der Waals surface area contributed by atoms with Crippen molar-refractivity contribution in [2.45, 2.75) is 37.2 Å². The quantitative estimate of drug-likeness (QED) is 0.660. The predicted octanol–water partition coefficient (Wildman–Crippen LogP) is 2.91. The third-order valence-electron chi connectivity index (χ3n) is 3.78. The van der Waals surface area contributed by atoms with Gasteiger partial charge in [0, 0.05) is 10.8 Å². The molecule has 1 N–H and O–H groups in total. The number of carbonyl (C=O) groups excluding carboxylic acids is 1. The van der Waals surface area contributed by atoms with Gasteiger partial charge in [0.05, 0.1) is 5.56 Å². The van der Waals surface area contributed by atoms with Crippen LogP contribution in [-0.2, 0) is 4.74 Å². The monoisotopic (exact) mass is 279 g/mol. The summed E-state index contributed by atoms with van der Waals surface area (Å²) in [6, 6.07) is 7.11. The first-order valence-electron chi connectivity index (χ1n) is 6.72. The number of piperidine rings is 1. The first-order chi connectivity index (χ1) is 8.99. The highest BCUT2D eigenvalue weighted by Gasteiger charge is 2.34. The first-order valence-corrected chi connectivity index (χ1v) is 7.17. The lowest BCUT2D eigenvalue weighted by Gasteiger charge is -2.36. The van der Waals surface area contributed by atoms with Crippen molar-refractivity contribution in [1.29, 1.82) is 0 Å². The summed E-state index contributed by atoms with van der Waals surface area (Å²) >= 11 is 4.21. The summed E-state index contributed by atoms with van der Waals surface area (Å²) in [5.41, 5.74) is 0.165. The average Bonchev–Trinajstić information content (AvgIpc) is 2.40. The number of thiol groups is 1. The molecule has 3 nitrogen and oxygen atoms in total. The van der Waals surface area contributed by atoms with Crippen LogP contribution >= 0.6 is 12.6 Å². The Morgan fingerprint density at radius 2 is 1.84 bits per heavy atom. The van der Waals surface area contributed by atoms with Gasteiger partial charge >= 0.3 is 5.97 Å². The Morgan fingerprint density at radius 3 is 2.42 bits per heavy atom. The first kappa shape index (κ1) is 14.4. The molecular weight excluding hydrogens is 258 g/mol. The molecule has 0 aliphatic carbocycles. The number of nitrogens with one attached hydrogen (secondary N) is 1. The van der Waals surface area contributed by atoms with Crippen LogP contribution in [0.25, 0.3) is 0 Å². The minimum absolute atomic E-state index is 0.253. The number of hydrogen-bond donors (Lipinski definition) is 2. The zero-order chi connectivity index (χ0) is 13.9. The van der Waals surface area contributed by atoms with Gasteiger partial charge in [-0.2, -0.15) is 0 Å². The average molecular weight is 279 g/mol. The van der Waals surface area contributed by atoms with Crippen LogP contribution in [0, 0.1) is 5.92 Å². The van der Waals surface area contributed by atoms with Crippen molar-refractivity contribution in [3.05, 3.63) is 29.8 Å². The van der Waals surface area contributed by atoms with Gasteiger partial charge in [0.2, 0.25) is 0 Å². The molecule has 1 aromatic rings. The highest BCUT2D eigenvalue weighted by Crippen LogP contribution is 2.29. The van der Waals surface area contributed by atoms with Gasteiger partial charge in [-0.3, -0.25) is 0 Å². The second kappa shape index (κ2) is 5.97. The van der Waals surface area contributed by atoms with Crippen molar-refractivity contribution < 1.29 is 9.53 Å². The van der Waals surface area contributed by atoms with E-state index in [0.717, 1.165) is 30.8 Å². The Bertz CT molecular complexity index is 436. The molecule has 0 radical (unpaired) electrons. The summed E-state index contributed by atoms with van der Waals surface area (Å²) in [5, 5.41) is 3.33. The lowest BCUT2D eigenvalue weighted by molar-refractivity contribution is -0.0368. The third kappa shape index (κ3) is 3.74. The lowest BCUT2D eigenvalue weighted by Crippen LogP contribution is -2.42. The topological polar surface area (TPSA) is 38.3 Å². The molecule has 0 bridgehead atoms. The van der Waals surface area contributed by atoms with Crippen LogP contribution in [0.1, 0.15) is 37.0 Å². The van der Waals surface area contributed by atoms with E-state index in [1.54, 1.807) is 24.3 Å². The van der Waals surface area contributed by atoms with Crippen LogP contribution in [0.4, 0.5) is 0 Å². The molecule has 0 aromatic heterocycles.